The van der Waals surface area contributed by atoms with Crippen molar-refractivity contribution in [1.82, 2.24) is 5.32 Å². The maximum absolute atomic E-state index is 12.1. The van der Waals surface area contributed by atoms with Crippen molar-refractivity contribution in [3.8, 4) is 5.75 Å². The van der Waals surface area contributed by atoms with Crippen molar-refractivity contribution in [3.63, 3.8) is 0 Å². The van der Waals surface area contributed by atoms with E-state index in [0.717, 1.165) is 10.4 Å². The highest BCUT2D eigenvalue weighted by molar-refractivity contribution is 7.10. The molecule has 1 aromatic carbocycles. The number of carbonyl (C=O) groups is 2. The zero-order valence-electron chi connectivity index (χ0n) is 12.1. The van der Waals surface area contributed by atoms with Crippen molar-refractivity contribution in [3.05, 3.63) is 52.2 Å². The number of carboxylic acid groups (broad SMARTS) is 1. The van der Waals surface area contributed by atoms with Crippen LogP contribution < -0.4 is 10.1 Å². The smallest absolute Gasteiger partial charge is 0.341 e. The standard InChI is InChI=1S/C16H17NO4S/c1-11(14-6-3-7-22-14)16(20)17-9-12-4-2-5-13(8-12)21-10-15(18)19/h2-8,11H,9-10H2,1H3,(H,17,20)(H,18,19). The number of aliphatic carboxylic acids is 1. The van der Waals surface area contributed by atoms with Crippen molar-refractivity contribution in [2.24, 2.45) is 0 Å². The average molecular weight is 319 g/mol. The molecule has 0 bridgehead atoms. The monoisotopic (exact) mass is 319 g/mol. The summed E-state index contributed by atoms with van der Waals surface area (Å²) in [5, 5.41) is 13.4. The average Bonchev–Trinajstić information content (AvgIpc) is 3.04. The van der Waals surface area contributed by atoms with Gasteiger partial charge in [-0.05, 0) is 36.1 Å². The number of hydrogen-bond acceptors (Lipinski definition) is 4. The van der Waals surface area contributed by atoms with E-state index in [0.29, 0.717) is 12.3 Å². The number of rotatable bonds is 7. The summed E-state index contributed by atoms with van der Waals surface area (Å²) in [6.45, 7) is 1.86. The Morgan fingerprint density at radius 1 is 1.32 bits per heavy atom. The zero-order valence-corrected chi connectivity index (χ0v) is 12.9. The van der Waals surface area contributed by atoms with Gasteiger partial charge in [0.25, 0.3) is 0 Å². The van der Waals surface area contributed by atoms with E-state index in [1.54, 1.807) is 29.5 Å². The van der Waals surface area contributed by atoms with Gasteiger partial charge in [0.15, 0.2) is 6.61 Å². The summed E-state index contributed by atoms with van der Waals surface area (Å²) in [6, 6.07) is 10.9. The van der Waals surface area contributed by atoms with Gasteiger partial charge < -0.3 is 15.2 Å². The van der Waals surface area contributed by atoms with Gasteiger partial charge in [-0.15, -0.1) is 11.3 Å². The molecule has 1 atom stereocenters. The Balaban J connectivity index is 1.89. The summed E-state index contributed by atoms with van der Waals surface area (Å²) in [5.41, 5.74) is 0.856. The summed E-state index contributed by atoms with van der Waals surface area (Å²) in [4.78, 5) is 23.6. The van der Waals surface area contributed by atoms with E-state index in [2.05, 4.69) is 5.32 Å². The van der Waals surface area contributed by atoms with Crippen LogP contribution in [0, 0.1) is 0 Å². The van der Waals surface area contributed by atoms with E-state index in [4.69, 9.17) is 9.84 Å². The molecule has 22 heavy (non-hydrogen) atoms. The van der Waals surface area contributed by atoms with E-state index in [1.807, 2.05) is 30.5 Å². The molecule has 0 aliphatic heterocycles. The Morgan fingerprint density at radius 2 is 2.14 bits per heavy atom. The predicted molar refractivity (Wildman–Crippen MR) is 84.2 cm³/mol. The predicted octanol–water partition coefficient (Wildman–Crippen LogP) is 2.63. The van der Waals surface area contributed by atoms with E-state index in [9.17, 15) is 9.59 Å². The molecule has 1 amide bonds. The van der Waals surface area contributed by atoms with Gasteiger partial charge in [-0.3, -0.25) is 4.79 Å². The van der Waals surface area contributed by atoms with Gasteiger partial charge in [-0.1, -0.05) is 18.2 Å². The first-order valence-corrected chi connectivity index (χ1v) is 7.69. The van der Waals surface area contributed by atoms with Crippen molar-refractivity contribution < 1.29 is 19.4 Å². The quantitative estimate of drug-likeness (QED) is 0.822. The van der Waals surface area contributed by atoms with Crippen LogP contribution in [-0.2, 0) is 16.1 Å². The minimum absolute atomic E-state index is 0.0423. The van der Waals surface area contributed by atoms with Crippen LogP contribution in [0.15, 0.2) is 41.8 Å². The molecule has 1 unspecified atom stereocenters. The summed E-state index contributed by atoms with van der Waals surface area (Å²) in [7, 11) is 0. The number of amides is 1. The Morgan fingerprint density at radius 3 is 2.82 bits per heavy atom. The molecule has 5 nitrogen and oxygen atoms in total. The molecule has 2 N–H and O–H groups in total. The van der Waals surface area contributed by atoms with E-state index in [1.165, 1.54) is 0 Å². The van der Waals surface area contributed by atoms with Gasteiger partial charge in [-0.25, -0.2) is 4.79 Å². The molecule has 0 fully saturated rings. The number of benzene rings is 1. The van der Waals surface area contributed by atoms with Gasteiger partial charge >= 0.3 is 5.97 Å². The minimum Gasteiger partial charge on any atom is -0.482 e. The molecule has 2 rings (SSSR count). The number of hydrogen-bond donors (Lipinski definition) is 2. The second-order valence-electron chi connectivity index (χ2n) is 4.78. The van der Waals surface area contributed by atoms with Crippen molar-refractivity contribution in [2.45, 2.75) is 19.4 Å². The van der Waals surface area contributed by atoms with Crippen molar-refractivity contribution in [2.75, 3.05) is 6.61 Å². The normalized spacial score (nSPS) is 11.7. The number of carbonyl (C=O) groups excluding carboxylic acids is 1. The van der Waals surface area contributed by atoms with Gasteiger partial charge in [-0.2, -0.15) is 0 Å². The highest BCUT2D eigenvalue weighted by atomic mass is 32.1. The molecule has 0 spiro atoms. The first kappa shape index (κ1) is 16.0. The fourth-order valence-electron chi connectivity index (χ4n) is 1.90. The third kappa shape index (κ3) is 4.60. The Hall–Kier alpha value is -2.34. The summed E-state index contributed by atoms with van der Waals surface area (Å²) < 4.78 is 5.11. The number of thiophene rings is 1. The third-order valence-electron chi connectivity index (χ3n) is 3.09. The highest BCUT2D eigenvalue weighted by Gasteiger charge is 2.15. The molecule has 1 heterocycles. The fraction of sp³-hybridized carbons (Fsp3) is 0.250. The molecule has 6 heteroatoms. The Labute approximate surface area is 132 Å². The SMILES string of the molecule is CC(C(=O)NCc1cccc(OCC(=O)O)c1)c1cccs1. The molecule has 2 aromatic rings. The maximum Gasteiger partial charge on any atom is 0.341 e. The van der Waals surface area contributed by atoms with E-state index >= 15 is 0 Å². The van der Waals surface area contributed by atoms with Crippen LogP contribution >= 0.6 is 11.3 Å². The first-order valence-electron chi connectivity index (χ1n) is 6.81. The highest BCUT2D eigenvalue weighted by Crippen LogP contribution is 2.21. The largest absolute Gasteiger partial charge is 0.482 e. The maximum atomic E-state index is 12.1. The lowest BCUT2D eigenvalue weighted by molar-refractivity contribution is -0.139. The van der Waals surface area contributed by atoms with Crippen LogP contribution in [0.3, 0.4) is 0 Å². The summed E-state index contributed by atoms with van der Waals surface area (Å²) in [6.07, 6.45) is 0. The molecule has 116 valence electrons. The zero-order chi connectivity index (χ0) is 15.9. The number of carboxylic acids is 1. The molecular formula is C16H17NO4S. The number of ether oxygens (including phenoxy) is 1. The Kier molecular flexibility index (Phi) is 5.55. The molecular weight excluding hydrogens is 302 g/mol. The van der Waals surface area contributed by atoms with E-state index in [-0.39, 0.29) is 18.4 Å². The van der Waals surface area contributed by atoms with Crippen LogP contribution in [0.25, 0.3) is 0 Å². The molecule has 0 aliphatic rings. The van der Waals surface area contributed by atoms with Crippen LogP contribution in [0.4, 0.5) is 0 Å². The van der Waals surface area contributed by atoms with Gasteiger partial charge in [0.05, 0.1) is 5.92 Å². The third-order valence-corrected chi connectivity index (χ3v) is 4.15. The second-order valence-corrected chi connectivity index (χ2v) is 5.76. The molecule has 1 aromatic heterocycles. The van der Waals surface area contributed by atoms with Crippen LogP contribution in [0.1, 0.15) is 23.3 Å². The second kappa shape index (κ2) is 7.61. The minimum atomic E-state index is -1.02. The topological polar surface area (TPSA) is 75.6 Å². The van der Waals surface area contributed by atoms with Gasteiger partial charge in [0, 0.05) is 11.4 Å². The van der Waals surface area contributed by atoms with Crippen LogP contribution in [0.5, 0.6) is 5.75 Å². The van der Waals surface area contributed by atoms with Gasteiger partial charge in [0.1, 0.15) is 5.75 Å². The lowest BCUT2D eigenvalue weighted by Gasteiger charge is -2.11. The lowest BCUT2D eigenvalue weighted by atomic mass is 10.1. The molecule has 0 aliphatic carbocycles. The molecule has 0 radical (unpaired) electrons. The van der Waals surface area contributed by atoms with Crippen LogP contribution in [-0.4, -0.2) is 23.6 Å². The Bertz CT molecular complexity index is 639. The lowest BCUT2D eigenvalue weighted by Crippen LogP contribution is -2.27. The first-order chi connectivity index (χ1) is 10.6. The van der Waals surface area contributed by atoms with Crippen molar-refractivity contribution in [1.29, 1.82) is 0 Å². The fourth-order valence-corrected chi connectivity index (χ4v) is 2.68. The van der Waals surface area contributed by atoms with E-state index < -0.39 is 5.97 Å². The van der Waals surface area contributed by atoms with Gasteiger partial charge in [0.2, 0.25) is 5.91 Å². The number of nitrogens with one attached hydrogen (secondary N) is 1. The molecule has 0 saturated heterocycles. The summed E-state index contributed by atoms with van der Waals surface area (Å²) >= 11 is 1.56. The van der Waals surface area contributed by atoms with Crippen molar-refractivity contribution >= 4 is 23.2 Å². The molecule has 0 saturated carbocycles. The summed E-state index contributed by atoms with van der Waals surface area (Å²) in [5.74, 6) is -0.783. The van der Waals surface area contributed by atoms with Crippen LogP contribution in [0.2, 0.25) is 0 Å².